The summed E-state index contributed by atoms with van der Waals surface area (Å²) < 4.78 is 0.972. The second-order valence-electron chi connectivity index (χ2n) is 4.50. The second kappa shape index (κ2) is 5.19. The topological polar surface area (TPSA) is 62.7 Å². The molecule has 21 heavy (non-hydrogen) atoms. The van der Waals surface area contributed by atoms with Gasteiger partial charge in [0.2, 0.25) is 4.87 Å². The molecule has 0 saturated carbocycles. The zero-order valence-corrected chi connectivity index (χ0v) is 13.0. The Labute approximate surface area is 135 Å². The standard InChI is InChI=1S/C15H9Cl2N3S/c16-11-7-9(19)5-6-10(11)15(17,8-18)14-20-12-3-1-2-4-13(12)21-14/h1-7H,19H2. The summed E-state index contributed by atoms with van der Waals surface area (Å²) in [5, 5.41) is 10.5. The number of aromatic nitrogens is 1. The van der Waals surface area contributed by atoms with Crippen LogP contribution in [0.1, 0.15) is 10.6 Å². The van der Waals surface area contributed by atoms with Crippen molar-refractivity contribution >= 4 is 50.4 Å². The molecule has 0 bridgehead atoms. The van der Waals surface area contributed by atoms with Crippen molar-refractivity contribution in [2.45, 2.75) is 4.87 Å². The molecule has 1 atom stereocenters. The van der Waals surface area contributed by atoms with Crippen molar-refractivity contribution in [1.29, 1.82) is 5.26 Å². The monoisotopic (exact) mass is 333 g/mol. The zero-order valence-electron chi connectivity index (χ0n) is 10.7. The highest BCUT2D eigenvalue weighted by Crippen LogP contribution is 2.43. The van der Waals surface area contributed by atoms with Gasteiger partial charge in [-0.15, -0.1) is 11.3 Å². The molecule has 0 aliphatic heterocycles. The first kappa shape index (κ1) is 14.2. The number of nitrogen functional groups attached to an aromatic ring is 1. The maximum Gasteiger partial charge on any atom is 0.208 e. The van der Waals surface area contributed by atoms with Crippen molar-refractivity contribution in [2.24, 2.45) is 0 Å². The molecule has 1 aromatic heterocycles. The van der Waals surface area contributed by atoms with E-state index in [1.165, 1.54) is 11.3 Å². The summed E-state index contributed by atoms with van der Waals surface area (Å²) in [5.41, 5.74) is 7.50. The maximum atomic E-state index is 9.61. The number of nitrogens with zero attached hydrogens (tertiary/aromatic N) is 2. The summed E-state index contributed by atoms with van der Waals surface area (Å²) in [4.78, 5) is 3.05. The molecular weight excluding hydrogens is 325 g/mol. The normalized spacial score (nSPS) is 13.8. The molecule has 2 N–H and O–H groups in total. The van der Waals surface area contributed by atoms with Gasteiger partial charge in [0, 0.05) is 16.3 Å². The fourth-order valence-corrected chi connectivity index (χ4v) is 3.77. The first-order chi connectivity index (χ1) is 10.0. The fraction of sp³-hybridized carbons (Fsp3) is 0.0667. The highest BCUT2D eigenvalue weighted by atomic mass is 35.5. The summed E-state index contributed by atoms with van der Waals surface area (Å²) in [5.74, 6) is 0. The van der Waals surface area contributed by atoms with Crippen LogP contribution in [0.3, 0.4) is 0 Å². The first-order valence-corrected chi connectivity index (χ1v) is 7.63. The van der Waals surface area contributed by atoms with E-state index in [0.29, 0.717) is 21.3 Å². The third-order valence-corrected chi connectivity index (χ3v) is 5.15. The molecule has 0 saturated heterocycles. The van der Waals surface area contributed by atoms with Gasteiger partial charge < -0.3 is 5.73 Å². The van der Waals surface area contributed by atoms with Crippen molar-refractivity contribution in [3.8, 4) is 6.07 Å². The van der Waals surface area contributed by atoms with Gasteiger partial charge >= 0.3 is 0 Å². The Morgan fingerprint density at radius 3 is 2.67 bits per heavy atom. The number of anilines is 1. The molecule has 0 aliphatic rings. The summed E-state index contributed by atoms with van der Waals surface area (Å²) in [6, 6.07) is 14.7. The lowest BCUT2D eigenvalue weighted by atomic mass is 10.00. The number of halogens is 2. The van der Waals surface area contributed by atoms with Gasteiger partial charge in [-0.25, -0.2) is 4.98 Å². The van der Waals surface area contributed by atoms with Crippen LogP contribution in [0.25, 0.3) is 10.2 Å². The van der Waals surface area contributed by atoms with E-state index in [1.54, 1.807) is 18.2 Å². The van der Waals surface area contributed by atoms with Gasteiger partial charge in [-0.05, 0) is 24.3 Å². The van der Waals surface area contributed by atoms with Crippen molar-refractivity contribution < 1.29 is 0 Å². The van der Waals surface area contributed by atoms with Gasteiger partial charge in [0.05, 0.1) is 16.3 Å². The van der Waals surface area contributed by atoms with Gasteiger partial charge in [-0.3, -0.25) is 0 Å². The van der Waals surface area contributed by atoms with Gasteiger partial charge in [0.1, 0.15) is 5.01 Å². The molecule has 0 aliphatic carbocycles. The predicted molar refractivity (Wildman–Crippen MR) is 87.7 cm³/mol. The van der Waals surface area contributed by atoms with Crippen LogP contribution in [0.2, 0.25) is 5.02 Å². The van der Waals surface area contributed by atoms with Gasteiger partial charge in [-0.1, -0.05) is 41.4 Å². The molecule has 0 spiro atoms. The Balaban J connectivity index is 2.22. The SMILES string of the molecule is N#CC(Cl)(c1nc2ccccc2s1)c1ccc(N)cc1Cl. The van der Waals surface area contributed by atoms with Crippen molar-refractivity contribution in [2.75, 3.05) is 5.73 Å². The fourth-order valence-electron chi connectivity index (χ4n) is 2.05. The number of para-hydroxylation sites is 1. The highest BCUT2D eigenvalue weighted by Gasteiger charge is 2.37. The molecule has 1 heterocycles. The molecule has 3 nitrogen and oxygen atoms in total. The van der Waals surface area contributed by atoms with Gasteiger partial charge in [0.25, 0.3) is 0 Å². The van der Waals surface area contributed by atoms with Crippen molar-refractivity contribution in [1.82, 2.24) is 4.98 Å². The predicted octanol–water partition coefficient (Wildman–Crippen LogP) is 4.54. The number of nitriles is 1. The zero-order chi connectivity index (χ0) is 15.0. The van der Waals surface area contributed by atoms with E-state index in [-0.39, 0.29) is 0 Å². The Hall–Kier alpha value is -1.80. The van der Waals surface area contributed by atoms with Crippen molar-refractivity contribution in [3.63, 3.8) is 0 Å². The minimum absolute atomic E-state index is 0.353. The molecule has 2 aromatic carbocycles. The van der Waals surface area contributed by atoms with Crippen LogP contribution >= 0.6 is 34.5 Å². The smallest absolute Gasteiger partial charge is 0.208 e. The molecule has 3 aromatic rings. The van der Waals surface area contributed by atoms with E-state index in [9.17, 15) is 5.26 Å². The number of hydrogen-bond donors (Lipinski definition) is 1. The molecule has 0 amide bonds. The van der Waals surface area contributed by atoms with Crippen LogP contribution in [-0.2, 0) is 4.87 Å². The lowest BCUT2D eigenvalue weighted by Gasteiger charge is -2.18. The van der Waals surface area contributed by atoms with Crippen LogP contribution in [0.15, 0.2) is 42.5 Å². The van der Waals surface area contributed by atoms with E-state index < -0.39 is 4.87 Å². The van der Waals surface area contributed by atoms with E-state index >= 15 is 0 Å². The quantitative estimate of drug-likeness (QED) is 0.553. The third-order valence-electron chi connectivity index (χ3n) is 3.11. The first-order valence-electron chi connectivity index (χ1n) is 6.06. The number of hydrogen-bond acceptors (Lipinski definition) is 4. The number of fused-ring (bicyclic) bond motifs is 1. The Bertz CT molecular complexity index is 836. The lowest BCUT2D eigenvalue weighted by Crippen LogP contribution is -2.18. The van der Waals surface area contributed by atoms with Crippen LogP contribution in [-0.4, -0.2) is 4.98 Å². The second-order valence-corrected chi connectivity index (χ2v) is 6.50. The largest absolute Gasteiger partial charge is 0.399 e. The van der Waals surface area contributed by atoms with Crippen LogP contribution in [0.5, 0.6) is 0 Å². The minimum atomic E-state index is -1.42. The average Bonchev–Trinajstić information content (AvgIpc) is 2.91. The Kier molecular flexibility index (Phi) is 3.50. The summed E-state index contributed by atoms with van der Waals surface area (Å²) in [7, 11) is 0. The summed E-state index contributed by atoms with van der Waals surface area (Å²) in [6.45, 7) is 0. The van der Waals surface area contributed by atoms with Gasteiger partial charge in [-0.2, -0.15) is 5.26 Å². The molecule has 3 rings (SSSR count). The van der Waals surface area contributed by atoms with Crippen LogP contribution in [0, 0.1) is 11.3 Å². The van der Waals surface area contributed by atoms with Crippen LogP contribution in [0.4, 0.5) is 5.69 Å². The number of rotatable bonds is 2. The minimum Gasteiger partial charge on any atom is -0.399 e. The van der Waals surface area contributed by atoms with Gasteiger partial charge in [0.15, 0.2) is 0 Å². The third kappa shape index (κ3) is 2.34. The number of alkyl halides is 1. The lowest BCUT2D eigenvalue weighted by molar-refractivity contribution is 0.925. The van der Waals surface area contributed by atoms with Crippen molar-refractivity contribution in [3.05, 3.63) is 58.1 Å². The number of thiazole rings is 1. The molecule has 104 valence electrons. The van der Waals surface area contributed by atoms with Crippen LogP contribution < -0.4 is 5.73 Å². The number of benzene rings is 2. The maximum absolute atomic E-state index is 9.61. The van der Waals surface area contributed by atoms with E-state index in [4.69, 9.17) is 28.9 Å². The average molecular weight is 334 g/mol. The molecule has 1 unspecified atom stereocenters. The van der Waals surface area contributed by atoms with E-state index in [2.05, 4.69) is 11.1 Å². The molecule has 6 heteroatoms. The summed E-state index contributed by atoms with van der Waals surface area (Å²) in [6.07, 6.45) is 0. The summed E-state index contributed by atoms with van der Waals surface area (Å²) >= 11 is 14.1. The highest BCUT2D eigenvalue weighted by molar-refractivity contribution is 7.19. The molecule has 0 fully saturated rings. The van der Waals surface area contributed by atoms with E-state index in [0.717, 1.165) is 10.2 Å². The molecular formula is C15H9Cl2N3S. The Morgan fingerprint density at radius 2 is 2.00 bits per heavy atom. The number of nitrogens with two attached hydrogens (primary N) is 1. The van der Waals surface area contributed by atoms with E-state index in [1.807, 2.05) is 24.3 Å². The molecule has 0 radical (unpaired) electrons. The Morgan fingerprint density at radius 1 is 1.24 bits per heavy atom.